The molecule has 2 aliphatic rings. The molecule has 11 nitrogen and oxygen atoms in total. The number of nitrogens with two attached hydrogens (primary N) is 1. The second kappa shape index (κ2) is 15.7. The Kier molecular flexibility index (Phi) is 13.0. The highest BCUT2D eigenvalue weighted by Crippen LogP contribution is 2.29. The predicted molar refractivity (Wildman–Crippen MR) is 136 cm³/mol. The minimum absolute atomic E-state index is 0.0348. The summed E-state index contributed by atoms with van der Waals surface area (Å²) < 4.78 is 0. The maximum Gasteiger partial charge on any atom is 0.326 e. The molecule has 2 rings (SSSR count). The van der Waals surface area contributed by atoms with Crippen LogP contribution in [0.25, 0.3) is 0 Å². The molecule has 5 N–H and O–H groups in total. The van der Waals surface area contributed by atoms with Gasteiger partial charge >= 0.3 is 11.9 Å². The van der Waals surface area contributed by atoms with E-state index in [0.717, 1.165) is 64.5 Å². The number of hydrogen-bond acceptors (Lipinski definition) is 7. The first kappa shape index (κ1) is 30.7. The van der Waals surface area contributed by atoms with Gasteiger partial charge in [0.2, 0.25) is 17.7 Å². The van der Waals surface area contributed by atoms with Gasteiger partial charge in [0.15, 0.2) is 0 Å². The van der Waals surface area contributed by atoms with Gasteiger partial charge in [-0.3, -0.25) is 24.1 Å². The highest BCUT2D eigenvalue weighted by Gasteiger charge is 2.39. The van der Waals surface area contributed by atoms with Crippen LogP contribution in [0.3, 0.4) is 0 Å². The summed E-state index contributed by atoms with van der Waals surface area (Å²) >= 11 is 0. The summed E-state index contributed by atoms with van der Waals surface area (Å²) in [6.45, 7) is 3.45. The second-order valence-corrected chi connectivity index (χ2v) is 10.4. The van der Waals surface area contributed by atoms with E-state index in [2.05, 4.69) is 5.32 Å². The number of piperidine rings is 1. The van der Waals surface area contributed by atoms with Crippen molar-refractivity contribution in [2.45, 2.75) is 96.1 Å². The smallest absolute Gasteiger partial charge is 0.326 e. The zero-order valence-electron chi connectivity index (χ0n) is 22.0. The molecule has 1 saturated carbocycles. The van der Waals surface area contributed by atoms with Crippen LogP contribution in [0.4, 0.5) is 0 Å². The van der Waals surface area contributed by atoms with E-state index in [4.69, 9.17) is 10.8 Å². The Morgan fingerprint density at radius 3 is 2.16 bits per heavy atom. The molecule has 2 atom stereocenters. The summed E-state index contributed by atoms with van der Waals surface area (Å²) in [5.74, 6) is -4.17. The summed E-state index contributed by atoms with van der Waals surface area (Å²) in [4.78, 5) is 64.8. The Bertz CT molecular complexity index is 794. The Morgan fingerprint density at radius 2 is 1.59 bits per heavy atom. The lowest BCUT2D eigenvalue weighted by Gasteiger charge is -2.34. The number of rotatable bonds is 14. The molecule has 0 aromatic heterocycles. The maximum atomic E-state index is 13.4. The number of amides is 3. The van der Waals surface area contributed by atoms with Crippen molar-refractivity contribution in [2.75, 3.05) is 26.2 Å². The van der Waals surface area contributed by atoms with Gasteiger partial charge in [0.25, 0.3) is 0 Å². The Morgan fingerprint density at radius 1 is 0.946 bits per heavy atom. The van der Waals surface area contributed by atoms with Crippen LogP contribution < -0.4 is 11.1 Å². The fourth-order valence-corrected chi connectivity index (χ4v) is 5.45. The van der Waals surface area contributed by atoms with Gasteiger partial charge in [-0.25, -0.2) is 4.79 Å². The fraction of sp³-hybridized carbons (Fsp3) is 0.808. The molecular formula is C26H44N4O7. The van der Waals surface area contributed by atoms with Crippen molar-refractivity contribution in [3.05, 3.63) is 0 Å². The van der Waals surface area contributed by atoms with Crippen LogP contribution in [0.1, 0.15) is 84.0 Å². The third-order valence-corrected chi connectivity index (χ3v) is 7.62. The third-order valence-electron chi connectivity index (χ3n) is 7.62. The van der Waals surface area contributed by atoms with Crippen LogP contribution >= 0.6 is 0 Å². The third kappa shape index (κ3) is 10.0. The van der Waals surface area contributed by atoms with Crippen molar-refractivity contribution >= 4 is 29.7 Å². The van der Waals surface area contributed by atoms with E-state index in [1.54, 1.807) is 6.92 Å². The number of imide groups is 1. The molecular weight excluding hydrogens is 480 g/mol. The summed E-state index contributed by atoms with van der Waals surface area (Å²) in [5.41, 5.74) is 5.79. The Balaban J connectivity index is 2.12. The van der Waals surface area contributed by atoms with Gasteiger partial charge in [-0.2, -0.15) is 0 Å². The van der Waals surface area contributed by atoms with E-state index in [1.165, 1.54) is 4.90 Å². The first-order chi connectivity index (χ1) is 17.6. The number of hydrogen-bond donors (Lipinski definition) is 4. The quantitative estimate of drug-likeness (QED) is 0.263. The molecule has 1 aliphatic carbocycles. The number of likely N-dealkylation sites (N-methyl/N-ethyl adjacent to an activating group) is 1. The molecule has 2 unspecified atom stereocenters. The highest BCUT2D eigenvalue weighted by molar-refractivity contribution is 6.03. The van der Waals surface area contributed by atoms with Gasteiger partial charge in [0.1, 0.15) is 12.6 Å². The molecule has 0 aromatic rings. The van der Waals surface area contributed by atoms with Gasteiger partial charge < -0.3 is 26.2 Å². The zero-order valence-corrected chi connectivity index (χ0v) is 22.0. The number of carbonyl (C=O) groups is 5. The molecule has 3 amide bonds. The number of nitrogens with zero attached hydrogens (tertiary/aromatic N) is 2. The first-order valence-corrected chi connectivity index (χ1v) is 13.7. The lowest BCUT2D eigenvalue weighted by Crippen LogP contribution is -2.57. The Hall–Kier alpha value is -2.53. The topological polar surface area (TPSA) is 170 Å². The van der Waals surface area contributed by atoms with Gasteiger partial charge in [-0.15, -0.1) is 0 Å². The van der Waals surface area contributed by atoms with Crippen LogP contribution in [0.15, 0.2) is 0 Å². The average Bonchev–Trinajstić information content (AvgIpc) is 2.87. The van der Waals surface area contributed by atoms with Crippen molar-refractivity contribution < 1.29 is 34.2 Å². The lowest BCUT2D eigenvalue weighted by molar-refractivity contribution is -0.161. The average molecular weight is 525 g/mol. The molecule has 1 heterocycles. The van der Waals surface area contributed by atoms with E-state index >= 15 is 0 Å². The molecule has 0 radical (unpaired) electrons. The summed E-state index contributed by atoms with van der Waals surface area (Å²) in [6, 6.07) is -3.03. The van der Waals surface area contributed by atoms with Crippen molar-refractivity contribution in [3.8, 4) is 0 Å². The Labute approximate surface area is 219 Å². The molecule has 37 heavy (non-hydrogen) atoms. The predicted octanol–water partition coefficient (Wildman–Crippen LogP) is 1.59. The van der Waals surface area contributed by atoms with Crippen LogP contribution in [0.2, 0.25) is 0 Å². The standard InChI is InChI=1S/C26H44N4O7/c1-2-29(22(31)10-6-9-18-11-13-28-14-12-18)17-23(32)30(25(35)20(27)16-24(33)34)21(26(36)37)15-19-7-4-3-5-8-19/h18-21,28H,2-17,27H2,1H3,(H,33,34)(H,36,37). The molecule has 1 aliphatic heterocycles. The number of carboxylic acid groups (broad SMARTS) is 2. The highest BCUT2D eigenvalue weighted by atomic mass is 16.4. The van der Waals surface area contributed by atoms with E-state index in [0.29, 0.717) is 17.2 Å². The van der Waals surface area contributed by atoms with Gasteiger partial charge in [-0.05, 0) is 64.0 Å². The molecule has 0 bridgehead atoms. The van der Waals surface area contributed by atoms with Crippen molar-refractivity contribution in [1.82, 2.24) is 15.1 Å². The van der Waals surface area contributed by atoms with Crippen LogP contribution in [0.5, 0.6) is 0 Å². The lowest BCUT2D eigenvalue weighted by atomic mass is 9.84. The van der Waals surface area contributed by atoms with E-state index < -0.39 is 48.8 Å². The van der Waals surface area contributed by atoms with E-state index in [9.17, 15) is 29.1 Å². The van der Waals surface area contributed by atoms with Crippen molar-refractivity contribution in [2.24, 2.45) is 17.6 Å². The first-order valence-electron chi connectivity index (χ1n) is 13.7. The molecule has 0 aromatic carbocycles. The van der Waals surface area contributed by atoms with E-state index in [1.807, 2.05) is 0 Å². The molecule has 210 valence electrons. The van der Waals surface area contributed by atoms with Crippen molar-refractivity contribution in [1.29, 1.82) is 0 Å². The number of nitrogens with one attached hydrogen (secondary N) is 1. The zero-order chi connectivity index (χ0) is 27.4. The number of aliphatic carboxylic acids is 2. The van der Waals surface area contributed by atoms with Crippen LogP contribution in [0, 0.1) is 11.8 Å². The van der Waals surface area contributed by atoms with Crippen LogP contribution in [-0.4, -0.2) is 87.9 Å². The van der Waals surface area contributed by atoms with E-state index in [-0.39, 0.29) is 31.2 Å². The normalized spacial score (nSPS) is 18.5. The van der Waals surface area contributed by atoms with Gasteiger partial charge in [0, 0.05) is 13.0 Å². The summed E-state index contributed by atoms with van der Waals surface area (Å²) in [6.07, 6.45) is 7.97. The molecule has 0 spiro atoms. The van der Waals surface area contributed by atoms with Crippen molar-refractivity contribution in [3.63, 3.8) is 0 Å². The summed E-state index contributed by atoms with van der Waals surface area (Å²) in [7, 11) is 0. The van der Waals surface area contributed by atoms with Crippen LogP contribution in [-0.2, 0) is 24.0 Å². The number of carboxylic acids is 2. The summed E-state index contributed by atoms with van der Waals surface area (Å²) in [5, 5.41) is 22.4. The SMILES string of the molecule is CCN(CC(=O)N(C(=O)C(N)CC(=O)O)C(CC1CCCCC1)C(=O)O)C(=O)CCCC1CCNCC1. The monoisotopic (exact) mass is 524 g/mol. The molecule has 2 fully saturated rings. The minimum atomic E-state index is -1.56. The largest absolute Gasteiger partial charge is 0.481 e. The molecule has 11 heteroatoms. The molecule has 1 saturated heterocycles. The van der Waals surface area contributed by atoms with Gasteiger partial charge in [0.05, 0.1) is 12.5 Å². The minimum Gasteiger partial charge on any atom is -0.481 e. The maximum absolute atomic E-state index is 13.4. The number of carbonyl (C=O) groups excluding carboxylic acids is 3. The van der Waals surface area contributed by atoms with Gasteiger partial charge in [-0.1, -0.05) is 32.1 Å². The fourth-order valence-electron chi connectivity index (χ4n) is 5.45. The second-order valence-electron chi connectivity index (χ2n) is 10.4.